The zero-order valence-electron chi connectivity index (χ0n) is 11.8. The van der Waals surface area contributed by atoms with Crippen molar-refractivity contribution in [1.29, 1.82) is 0 Å². The molecule has 0 radical (unpaired) electrons. The maximum Gasteiger partial charge on any atom is 0.335 e. The number of aromatic carboxylic acids is 1. The maximum atomic E-state index is 12.3. The summed E-state index contributed by atoms with van der Waals surface area (Å²) < 4.78 is 32.5. The average Bonchev–Trinajstić information content (AvgIpc) is 2.46. The quantitative estimate of drug-likeness (QED) is 0.857. The minimum absolute atomic E-state index is 0.00365. The topological polar surface area (TPSA) is 92.7 Å². The Morgan fingerprint density at radius 3 is 2.67 bits per heavy atom. The molecule has 116 valence electrons. The summed E-state index contributed by atoms with van der Waals surface area (Å²) in [5, 5.41) is 9.06. The maximum absolute atomic E-state index is 12.3. The number of carboxylic acids is 1. The largest absolute Gasteiger partial charge is 0.478 e. The SMILES string of the molecule is Cc1c(C(=O)O)cccc1S(=O)(=O)NCC1CCOCC1. The molecule has 0 bridgehead atoms. The van der Waals surface area contributed by atoms with Crippen molar-refractivity contribution in [2.45, 2.75) is 24.7 Å². The molecular weight excluding hydrogens is 294 g/mol. The highest BCUT2D eigenvalue weighted by Crippen LogP contribution is 2.20. The van der Waals surface area contributed by atoms with Gasteiger partial charge in [0, 0.05) is 19.8 Å². The Hall–Kier alpha value is -1.44. The number of ether oxygens (including phenoxy) is 1. The van der Waals surface area contributed by atoms with Gasteiger partial charge in [0.05, 0.1) is 10.5 Å². The molecule has 1 heterocycles. The zero-order chi connectivity index (χ0) is 15.5. The lowest BCUT2D eigenvalue weighted by Crippen LogP contribution is -2.32. The highest BCUT2D eigenvalue weighted by molar-refractivity contribution is 7.89. The molecule has 1 aromatic rings. The van der Waals surface area contributed by atoms with Gasteiger partial charge in [0.1, 0.15) is 0 Å². The molecule has 0 atom stereocenters. The molecule has 0 spiro atoms. The van der Waals surface area contributed by atoms with Crippen molar-refractivity contribution in [3.05, 3.63) is 29.3 Å². The van der Waals surface area contributed by atoms with E-state index >= 15 is 0 Å². The van der Waals surface area contributed by atoms with Gasteiger partial charge in [-0.25, -0.2) is 17.9 Å². The van der Waals surface area contributed by atoms with E-state index in [9.17, 15) is 13.2 Å². The fourth-order valence-corrected chi connectivity index (χ4v) is 3.77. The summed E-state index contributed by atoms with van der Waals surface area (Å²) in [5.41, 5.74) is 0.258. The number of benzene rings is 1. The first-order valence-corrected chi connectivity index (χ1v) is 8.30. The summed E-state index contributed by atoms with van der Waals surface area (Å²) in [4.78, 5) is 11.1. The molecule has 2 N–H and O–H groups in total. The van der Waals surface area contributed by atoms with Crippen molar-refractivity contribution in [2.24, 2.45) is 5.92 Å². The van der Waals surface area contributed by atoms with Crippen LogP contribution in [0.3, 0.4) is 0 Å². The van der Waals surface area contributed by atoms with Crippen molar-refractivity contribution in [3.63, 3.8) is 0 Å². The molecule has 1 aliphatic rings. The molecule has 0 aromatic heterocycles. The van der Waals surface area contributed by atoms with Gasteiger partial charge < -0.3 is 9.84 Å². The van der Waals surface area contributed by atoms with E-state index < -0.39 is 16.0 Å². The van der Waals surface area contributed by atoms with E-state index in [1.165, 1.54) is 25.1 Å². The molecule has 21 heavy (non-hydrogen) atoms. The van der Waals surface area contributed by atoms with Gasteiger partial charge in [0.25, 0.3) is 0 Å². The lowest BCUT2D eigenvalue weighted by Gasteiger charge is -2.22. The molecular formula is C14H19NO5S. The number of nitrogens with one attached hydrogen (secondary N) is 1. The summed E-state index contributed by atoms with van der Waals surface area (Å²) in [7, 11) is -3.70. The summed E-state index contributed by atoms with van der Waals surface area (Å²) in [6.45, 7) is 3.16. The molecule has 1 fully saturated rings. The van der Waals surface area contributed by atoms with E-state index in [2.05, 4.69) is 4.72 Å². The minimum Gasteiger partial charge on any atom is -0.478 e. The second-order valence-electron chi connectivity index (χ2n) is 5.14. The van der Waals surface area contributed by atoms with Gasteiger partial charge in [-0.1, -0.05) is 6.07 Å². The molecule has 7 heteroatoms. The molecule has 0 saturated carbocycles. The molecule has 6 nitrogen and oxygen atoms in total. The lowest BCUT2D eigenvalue weighted by atomic mass is 10.0. The van der Waals surface area contributed by atoms with E-state index in [0.29, 0.717) is 19.8 Å². The summed E-state index contributed by atoms with van der Waals surface area (Å²) in [6, 6.07) is 4.27. The number of hydrogen-bond acceptors (Lipinski definition) is 4. The van der Waals surface area contributed by atoms with Crippen molar-refractivity contribution in [2.75, 3.05) is 19.8 Å². The highest BCUT2D eigenvalue weighted by atomic mass is 32.2. The third-order valence-corrected chi connectivity index (χ3v) is 5.27. The van der Waals surface area contributed by atoms with Gasteiger partial charge in [-0.3, -0.25) is 0 Å². The van der Waals surface area contributed by atoms with E-state index in [4.69, 9.17) is 9.84 Å². The number of hydrogen-bond donors (Lipinski definition) is 2. The van der Waals surface area contributed by atoms with E-state index in [1.54, 1.807) is 0 Å². The third kappa shape index (κ3) is 3.81. The number of carboxylic acid groups (broad SMARTS) is 1. The Kier molecular flexibility index (Phi) is 4.97. The first-order chi connectivity index (χ1) is 9.92. The second-order valence-corrected chi connectivity index (χ2v) is 6.88. The van der Waals surface area contributed by atoms with Gasteiger partial charge in [0.2, 0.25) is 10.0 Å². The van der Waals surface area contributed by atoms with Gasteiger partial charge in [-0.15, -0.1) is 0 Å². The smallest absolute Gasteiger partial charge is 0.335 e. The van der Waals surface area contributed by atoms with Crippen molar-refractivity contribution < 1.29 is 23.1 Å². The van der Waals surface area contributed by atoms with Crippen LogP contribution >= 0.6 is 0 Å². The minimum atomic E-state index is -3.70. The van der Waals surface area contributed by atoms with Crippen LogP contribution < -0.4 is 4.72 Å². The molecule has 1 saturated heterocycles. The fraction of sp³-hybridized carbons (Fsp3) is 0.500. The fourth-order valence-electron chi connectivity index (χ4n) is 2.39. The van der Waals surface area contributed by atoms with E-state index in [1.807, 2.05) is 0 Å². The summed E-state index contributed by atoms with van der Waals surface area (Å²) >= 11 is 0. The lowest BCUT2D eigenvalue weighted by molar-refractivity contribution is 0.0677. The Balaban J connectivity index is 2.15. The molecule has 1 aliphatic heterocycles. The normalized spacial score (nSPS) is 16.8. The summed E-state index contributed by atoms with van der Waals surface area (Å²) in [5.74, 6) is -0.870. The predicted molar refractivity (Wildman–Crippen MR) is 76.9 cm³/mol. The third-order valence-electron chi connectivity index (χ3n) is 3.71. The van der Waals surface area contributed by atoms with Crippen LogP contribution in [0, 0.1) is 12.8 Å². The van der Waals surface area contributed by atoms with Crippen LogP contribution in [0.2, 0.25) is 0 Å². The zero-order valence-corrected chi connectivity index (χ0v) is 12.6. The van der Waals surface area contributed by atoms with Gasteiger partial charge in [-0.05, 0) is 43.4 Å². The van der Waals surface area contributed by atoms with E-state index in [-0.39, 0.29) is 21.9 Å². The molecule has 2 rings (SSSR count). The first kappa shape index (κ1) is 15.9. The predicted octanol–water partition coefficient (Wildman–Crippen LogP) is 1.40. The number of carbonyl (C=O) groups is 1. The Morgan fingerprint density at radius 2 is 2.05 bits per heavy atom. The Labute approximate surface area is 124 Å². The van der Waals surface area contributed by atoms with Crippen LogP contribution in [-0.2, 0) is 14.8 Å². The molecule has 1 aromatic carbocycles. The van der Waals surface area contributed by atoms with Crippen LogP contribution in [0.5, 0.6) is 0 Å². The van der Waals surface area contributed by atoms with Gasteiger partial charge in [-0.2, -0.15) is 0 Å². The van der Waals surface area contributed by atoms with Gasteiger partial charge >= 0.3 is 5.97 Å². The standard InChI is InChI=1S/C14H19NO5S/c1-10-12(14(16)17)3-2-4-13(10)21(18,19)15-9-11-5-7-20-8-6-11/h2-4,11,15H,5-9H2,1H3,(H,16,17). The van der Waals surface area contributed by atoms with Crippen molar-refractivity contribution >= 4 is 16.0 Å². The van der Waals surface area contributed by atoms with Crippen LogP contribution in [0.1, 0.15) is 28.8 Å². The molecule has 0 aliphatic carbocycles. The number of sulfonamides is 1. The van der Waals surface area contributed by atoms with Crippen molar-refractivity contribution in [1.82, 2.24) is 4.72 Å². The Morgan fingerprint density at radius 1 is 1.38 bits per heavy atom. The Bertz CT molecular complexity index is 620. The van der Waals surface area contributed by atoms with Crippen LogP contribution in [-0.4, -0.2) is 39.3 Å². The van der Waals surface area contributed by atoms with E-state index in [0.717, 1.165) is 12.8 Å². The molecule has 0 unspecified atom stereocenters. The highest BCUT2D eigenvalue weighted by Gasteiger charge is 2.22. The van der Waals surface area contributed by atoms with Gasteiger partial charge in [0.15, 0.2) is 0 Å². The van der Waals surface area contributed by atoms with Crippen LogP contribution in [0.25, 0.3) is 0 Å². The summed E-state index contributed by atoms with van der Waals surface area (Å²) in [6.07, 6.45) is 1.66. The average molecular weight is 313 g/mol. The molecule has 0 amide bonds. The second kappa shape index (κ2) is 6.55. The number of rotatable bonds is 5. The monoisotopic (exact) mass is 313 g/mol. The first-order valence-electron chi connectivity index (χ1n) is 6.82. The van der Waals surface area contributed by atoms with Crippen LogP contribution in [0.4, 0.5) is 0 Å². The van der Waals surface area contributed by atoms with Crippen molar-refractivity contribution in [3.8, 4) is 0 Å². The van der Waals surface area contributed by atoms with Crippen LogP contribution in [0.15, 0.2) is 23.1 Å².